The number of hydrogen-bond acceptors (Lipinski definition) is 10. The zero-order valence-corrected chi connectivity index (χ0v) is 68.3. The number of esters is 2. The van der Waals surface area contributed by atoms with Crippen molar-refractivity contribution >= 4 is 67.6 Å². The molecule has 1 aliphatic rings. The minimum absolute atomic E-state index is 0.281. The molecular formula is C125H20N6O4. The smallest absolute Gasteiger partial charge is 0.367 e. The molecule has 1 aliphatic heterocycles. The number of terminal acetylenes is 2. The van der Waals surface area contributed by atoms with Gasteiger partial charge in [0.15, 0.2) is 0 Å². The van der Waals surface area contributed by atoms with Crippen molar-refractivity contribution in [1.29, 1.82) is 0 Å². The molecule has 0 spiro atoms. The van der Waals surface area contributed by atoms with Gasteiger partial charge in [-0.15, -0.1) is 28.2 Å². The molecule has 0 amide bonds. The second-order valence-electron chi connectivity index (χ2n) is 20.8. The molecule has 10 heteroatoms. The fourth-order valence-corrected chi connectivity index (χ4v) is 7.66. The van der Waals surface area contributed by atoms with E-state index in [0.29, 0.717) is 33.5 Å². The Bertz CT molecular complexity index is 9100. The van der Waals surface area contributed by atoms with Crippen LogP contribution in [0.2, 0.25) is 0 Å². The molecule has 574 valence electrons. The van der Waals surface area contributed by atoms with Crippen LogP contribution in [0.3, 0.4) is 0 Å². The number of anilines is 2. The summed E-state index contributed by atoms with van der Waals surface area (Å²) in [7, 11) is 0. The van der Waals surface area contributed by atoms with E-state index in [0.717, 1.165) is 10.8 Å². The number of fused-ring (bicyclic) bond motifs is 1. The van der Waals surface area contributed by atoms with E-state index >= 15 is 0 Å². The molecule has 1 heterocycles. The van der Waals surface area contributed by atoms with Crippen molar-refractivity contribution in [2.75, 3.05) is 10.6 Å². The molecular weight excluding hydrogens is 1650 g/mol. The maximum Gasteiger partial charge on any atom is 0.379 e. The van der Waals surface area contributed by atoms with Crippen LogP contribution in [0.5, 0.6) is 0 Å². The van der Waals surface area contributed by atoms with E-state index in [-0.39, 0.29) is 11.4 Å². The zero-order chi connectivity index (χ0) is 94.9. The van der Waals surface area contributed by atoms with E-state index in [4.69, 9.17) is 22.3 Å². The van der Waals surface area contributed by atoms with Crippen molar-refractivity contribution < 1.29 is 19.1 Å². The standard InChI is InChI=1S/C125H20N6O4/c1-3-5-7-9-11-13-15-17-19-21-23-25-27-29-31-33-35-37-39-41-43-45-47-49-51-53-55-57-59-61-63-65-67-69-71-73-75-77-79-81-83-85-87-89-91-98-111-134-123(132)125(126-118-106-100-105-116-117(109-110-119(127-125)121(116)118)129-130-120-108-107-113-101-96-97-104-115(113)122(120)131-128-114-102-94-93-95-103-114)124(133)135-112-99-92-90-88-86-84-82-80-78-76-74-72-70-68-66-64-62-60-58-56-54-52-50-48-46-44-42-40-38-36-34-32-30-28-26-24-22-20-18-16-14-12-10-8-6-4-2/h1-2,93-97,100-110,126-127H/b130-129+,131-128+. The number of nitrogens with one attached hydrogen (secondary N) is 2. The summed E-state index contributed by atoms with van der Waals surface area (Å²) in [5, 5.41) is 27.1. The highest BCUT2D eigenvalue weighted by Gasteiger charge is 2.53. The number of azo groups is 2. The summed E-state index contributed by atoms with van der Waals surface area (Å²) in [4.78, 5) is 28.4. The van der Waals surface area contributed by atoms with Crippen molar-refractivity contribution in [3.8, 4) is 570 Å². The van der Waals surface area contributed by atoms with Crippen molar-refractivity contribution in [1.82, 2.24) is 0 Å². The van der Waals surface area contributed by atoms with Gasteiger partial charge in [0, 0.05) is 477 Å². The number of nitrogens with zero attached hydrogens (tertiary/aromatic N) is 4. The summed E-state index contributed by atoms with van der Waals surface area (Å²) in [6, 6.07) is 29.0. The van der Waals surface area contributed by atoms with E-state index in [1.807, 2.05) is 60.7 Å². The summed E-state index contributed by atoms with van der Waals surface area (Å²) in [6.45, 7) is 0. The molecule has 10 nitrogen and oxygen atoms in total. The molecule has 135 heavy (non-hydrogen) atoms. The molecule has 0 aliphatic carbocycles. The summed E-state index contributed by atoms with van der Waals surface area (Å²) in [5.41, 5.74) is 0.0617. The van der Waals surface area contributed by atoms with Gasteiger partial charge in [0.25, 0.3) is 0 Å². The Hall–Kier alpha value is -26.8. The first-order valence-electron chi connectivity index (χ1n) is 35.9. The average Bonchev–Trinajstić information content (AvgIpc) is 0.733. The van der Waals surface area contributed by atoms with Gasteiger partial charge in [-0.3, -0.25) is 0 Å². The Morgan fingerprint density at radius 1 is 0.215 bits per heavy atom. The lowest BCUT2D eigenvalue weighted by Gasteiger charge is -2.35. The molecule has 0 aromatic heterocycles. The second kappa shape index (κ2) is 68.2. The Kier molecular flexibility index (Phi) is 49.0. The van der Waals surface area contributed by atoms with Crippen LogP contribution in [0.15, 0.2) is 118 Å². The Morgan fingerprint density at radius 2 is 0.444 bits per heavy atom. The molecule has 0 radical (unpaired) electrons. The number of carbonyl (C=O) groups is 2. The van der Waals surface area contributed by atoms with Crippen LogP contribution >= 0.6 is 0 Å². The number of ether oxygens (including phenoxy) is 2. The Labute approximate surface area is 785 Å². The molecule has 0 bridgehead atoms. The first kappa shape index (κ1) is 97.1. The van der Waals surface area contributed by atoms with Gasteiger partial charge in [-0.25, -0.2) is 9.59 Å². The van der Waals surface area contributed by atoms with Gasteiger partial charge in [-0.2, -0.15) is 5.11 Å². The third kappa shape index (κ3) is 45.1. The van der Waals surface area contributed by atoms with Crippen molar-refractivity contribution in [2.24, 2.45) is 20.5 Å². The van der Waals surface area contributed by atoms with Crippen molar-refractivity contribution in [3.05, 3.63) is 97.1 Å². The molecule has 0 unspecified atom stereocenters. The fraction of sp³-hybridized carbons (Fsp3) is 0.00800. The summed E-state index contributed by atoms with van der Waals surface area (Å²) >= 11 is 0. The number of carbonyl (C=O) groups excluding carboxylic acids is 2. The summed E-state index contributed by atoms with van der Waals surface area (Å²) in [5.74, 6) is 225. The van der Waals surface area contributed by atoms with Gasteiger partial charge in [0.2, 0.25) is 0 Å². The first-order chi connectivity index (χ1) is 67.0. The Balaban J connectivity index is 1.00. The van der Waals surface area contributed by atoms with Crippen LogP contribution in [0, 0.1) is 570 Å². The van der Waals surface area contributed by atoms with Crippen LogP contribution in [0.1, 0.15) is 0 Å². The van der Waals surface area contributed by atoms with Gasteiger partial charge in [0.1, 0.15) is 23.6 Å². The molecule has 0 fully saturated rings. The van der Waals surface area contributed by atoms with Crippen LogP contribution in [-0.4, -0.2) is 17.6 Å². The largest absolute Gasteiger partial charge is 0.379 e. The van der Waals surface area contributed by atoms with Crippen molar-refractivity contribution in [3.63, 3.8) is 0 Å². The highest BCUT2D eigenvalue weighted by atomic mass is 16.6. The lowest BCUT2D eigenvalue weighted by Crippen LogP contribution is -2.61. The molecule has 0 atom stereocenters. The highest BCUT2D eigenvalue weighted by molar-refractivity contribution is 6.19. The lowest BCUT2D eigenvalue weighted by atomic mass is 9.98. The van der Waals surface area contributed by atoms with E-state index in [9.17, 15) is 9.59 Å². The third-order valence-corrected chi connectivity index (χ3v) is 12.5. The SMILES string of the molecule is C#CC#CC#CC#CC#CC#CC#CC#CC#CC#CC#CC#CC#CC#CC#CC#CC#CC#CC#CC#CC#CC#CC#CC#COC(=O)C1(C(=O)OC#CC#CC#CC#CC#CC#CC#CC#CC#CC#CC#CC#CC#CC#CC#CC#CC#CC#CC#CC#CC#CC#CC#CC#C)Nc2cccc3c(/N=N/c4ccc5ccccc5c4/N=N/c4ccccc4)ccc(c23)N1. The van der Waals surface area contributed by atoms with Gasteiger partial charge in [0.05, 0.1) is 11.4 Å². The van der Waals surface area contributed by atoms with Gasteiger partial charge in [-0.1, -0.05) is 60.7 Å². The lowest BCUT2D eigenvalue weighted by molar-refractivity contribution is -0.153. The maximum atomic E-state index is 14.2. The van der Waals surface area contributed by atoms with Crippen LogP contribution < -0.4 is 10.6 Å². The normalized spacial score (nSPS) is 6.92. The maximum absolute atomic E-state index is 14.2. The summed E-state index contributed by atoms with van der Waals surface area (Å²) in [6.07, 6.45) is 14.3. The van der Waals surface area contributed by atoms with Crippen LogP contribution in [0.25, 0.3) is 21.5 Å². The van der Waals surface area contributed by atoms with E-state index in [1.54, 1.807) is 36.4 Å². The third-order valence-electron chi connectivity index (χ3n) is 12.5. The summed E-state index contributed by atoms with van der Waals surface area (Å²) < 4.78 is 10.6. The Morgan fingerprint density at radius 3 is 0.726 bits per heavy atom. The molecule has 5 aromatic rings. The minimum Gasteiger partial charge on any atom is -0.367 e. The highest BCUT2D eigenvalue weighted by Crippen LogP contribution is 2.44. The number of rotatable bonds is 6. The molecule has 5 aromatic carbocycles. The van der Waals surface area contributed by atoms with Gasteiger partial charge < -0.3 is 20.1 Å². The van der Waals surface area contributed by atoms with Crippen LogP contribution in [0.4, 0.5) is 34.1 Å². The predicted octanol–water partition coefficient (Wildman–Crippen LogP) is 7.78. The number of hydrogen-bond donors (Lipinski definition) is 2. The average molecular weight is 1670 g/mol. The van der Waals surface area contributed by atoms with Crippen LogP contribution in [-0.2, 0) is 19.1 Å². The molecule has 0 saturated carbocycles. The van der Waals surface area contributed by atoms with E-state index in [1.165, 1.54) is 0 Å². The predicted molar refractivity (Wildman–Crippen MR) is 520 cm³/mol. The van der Waals surface area contributed by atoms with Crippen molar-refractivity contribution in [2.45, 2.75) is 5.66 Å². The minimum atomic E-state index is -2.50. The molecule has 2 N–H and O–H groups in total. The number of benzene rings is 5. The fourth-order valence-electron chi connectivity index (χ4n) is 7.66. The topological polar surface area (TPSA) is 126 Å². The second-order valence-corrected chi connectivity index (χ2v) is 20.8. The molecule has 0 saturated heterocycles. The molecule has 6 rings (SSSR count). The van der Waals surface area contributed by atoms with E-state index < -0.39 is 17.6 Å². The monoisotopic (exact) mass is 1670 g/mol. The quantitative estimate of drug-likeness (QED) is 0.0775. The zero-order valence-electron chi connectivity index (χ0n) is 68.3. The van der Waals surface area contributed by atoms with Gasteiger partial charge in [-0.05, 0) is 137 Å². The first-order valence-corrected chi connectivity index (χ1v) is 35.9. The van der Waals surface area contributed by atoms with E-state index in [2.05, 4.69) is 588 Å². The van der Waals surface area contributed by atoms with Gasteiger partial charge >= 0.3 is 17.6 Å².